The summed E-state index contributed by atoms with van der Waals surface area (Å²) in [5.41, 5.74) is 12.7. The lowest BCUT2D eigenvalue weighted by molar-refractivity contribution is -0.124. The maximum absolute atomic E-state index is 12.7. The molecule has 0 saturated heterocycles. The minimum atomic E-state index is -1.01. The van der Waals surface area contributed by atoms with Crippen molar-refractivity contribution >= 4 is 58.1 Å². The first-order valence-corrected chi connectivity index (χ1v) is 8.94. The first-order valence-electron chi connectivity index (χ1n) is 8.12. The average Bonchev–Trinajstić information content (AvgIpc) is 3.06. The molecule has 0 fully saturated rings. The Balaban J connectivity index is 1.86. The van der Waals surface area contributed by atoms with Gasteiger partial charge in [0.1, 0.15) is 23.5 Å². The molecule has 3 aliphatic heterocycles. The summed E-state index contributed by atoms with van der Waals surface area (Å²) in [6.45, 7) is 0.0764. The summed E-state index contributed by atoms with van der Waals surface area (Å²) in [6.07, 6.45) is 0. The number of nitrogens with zero attached hydrogens (tertiary/aromatic N) is 2. The number of rotatable bonds is 3. The van der Waals surface area contributed by atoms with Gasteiger partial charge in [0, 0.05) is 5.92 Å². The van der Waals surface area contributed by atoms with E-state index in [1.165, 1.54) is 0 Å². The molecule has 28 heavy (non-hydrogen) atoms. The van der Waals surface area contributed by atoms with Crippen molar-refractivity contribution < 1.29 is 19.1 Å². The molecule has 0 aromatic heterocycles. The third-order valence-corrected chi connectivity index (χ3v) is 5.01. The van der Waals surface area contributed by atoms with Crippen LogP contribution in [0.2, 0.25) is 0 Å². The number of carbonyl (C=O) groups excluding carboxylic acids is 2. The quantitative estimate of drug-likeness (QED) is 0.469. The second-order valence-electron chi connectivity index (χ2n) is 6.26. The number of carbonyl (C=O) groups is 2. The highest BCUT2D eigenvalue weighted by Crippen LogP contribution is 2.40. The van der Waals surface area contributed by atoms with Crippen LogP contribution in [0.25, 0.3) is 0 Å². The van der Waals surface area contributed by atoms with Gasteiger partial charge in [-0.25, -0.2) is 9.98 Å². The molecule has 0 spiro atoms. The van der Waals surface area contributed by atoms with Crippen molar-refractivity contribution in [3.63, 3.8) is 0 Å². The second kappa shape index (κ2) is 6.80. The van der Waals surface area contributed by atoms with Gasteiger partial charge in [0.15, 0.2) is 11.5 Å². The van der Waals surface area contributed by atoms with Gasteiger partial charge in [-0.1, -0.05) is 6.07 Å². The summed E-state index contributed by atoms with van der Waals surface area (Å²) < 4.78 is 10.7. The van der Waals surface area contributed by atoms with Gasteiger partial charge < -0.3 is 31.6 Å². The number of amides is 2. The van der Waals surface area contributed by atoms with Crippen LogP contribution in [0.15, 0.2) is 28.2 Å². The van der Waals surface area contributed by atoms with E-state index in [0.717, 1.165) is 0 Å². The van der Waals surface area contributed by atoms with Crippen LogP contribution in [0.4, 0.5) is 0 Å². The Hall–Kier alpha value is -3.12. The van der Waals surface area contributed by atoms with E-state index in [2.05, 4.69) is 20.6 Å². The monoisotopic (exact) mass is 418 g/mol. The maximum Gasteiger partial charge on any atom is 0.237 e. The number of fused-ring (bicyclic) bond motifs is 1. The number of aliphatic imine (C=N–C) groups is 2. The molecule has 3 heterocycles. The summed E-state index contributed by atoms with van der Waals surface area (Å²) in [5.74, 6) is -2.85. The highest BCUT2D eigenvalue weighted by Gasteiger charge is 2.46. The molecule has 0 aliphatic carbocycles. The smallest absolute Gasteiger partial charge is 0.237 e. The van der Waals surface area contributed by atoms with Crippen LogP contribution >= 0.6 is 24.4 Å². The molecule has 12 heteroatoms. The van der Waals surface area contributed by atoms with E-state index in [-0.39, 0.29) is 28.7 Å². The summed E-state index contributed by atoms with van der Waals surface area (Å²) in [5, 5.41) is 4.86. The SMILES string of the molecule is NC1=NC(=S)NC(=O)C1C(c1ccc2c(c1)OCO2)C1C(=O)NC(=S)N=C1N. The van der Waals surface area contributed by atoms with Crippen LogP contribution in [0.5, 0.6) is 11.5 Å². The van der Waals surface area contributed by atoms with E-state index < -0.39 is 29.6 Å². The topological polar surface area (TPSA) is 153 Å². The molecule has 144 valence electrons. The molecule has 0 saturated carbocycles. The van der Waals surface area contributed by atoms with Gasteiger partial charge >= 0.3 is 0 Å². The lowest BCUT2D eigenvalue weighted by Gasteiger charge is -2.34. The van der Waals surface area contributed by atoms with Crippen LogP contribution in [-0.4, -0.2) is 40.5 Å². The Morgan fingerprint density at radius 2 is 1.50 bits per heavy atom. The molecule has 0 bridgehead atoms. The second-order valence-corrected chi connectivity index (χ2v) is 7.03. The van der Waals surface area contributed by atoms with E-state index in [4.69, 9.17) is 45.4 Å². The minimum Gasteiger partial charge on any atom is -0.454 e. The van der Waals surface area contributed by atoms with E-state index >= 15 is 0 Å². The van der Waals surface area contributed by atoms with Crippen molar-refractivity contribution in [3.05, 3.63) is 23.8 Å². The molecular formula is C16H14N6O4S2. The lowest BCUT2D eigenvalue weighted by Crippen LogP contribution is -2.55. The number of thiocarbonyl (C=S) groups is 2. The number of ether oxygens (including phenoxy) is 2. The number of benzene rings is 1. The molecule has 3 aliphatic rings. The number of nitrogens with two attached hydrogens (primary N) is 2. The van der Waals surface area contributed by atoms with Gasteiger partial charge in [-0.15, -0.1) is 0 Å². The molecule has 10 nitrogen and oxygen atoms in total. The van der Waals surface area contributed by atoms with Crippen LogP contribution in [-0.2, 0) is 9.59 Å². The Morgan fingerprint density at radius 3 is 2.04 bits per heavy atom. The molecule has 1 aromatic carbocycles. The average molecular weight is 418 g/mol. The van der Waals surface area contributed by atoms with E-state index in [1.54, 1.807) is 18.2 Å². The molecular weight excluding hydrogens is 404 g/mol. The van der Waals surface area contributed by atoms with Crippen LogP contribution in [0.3, 0.4) is 0 Å². The van der Waals surface area contributed by atoms with Crippen molar-refractivity contribution in [2.45, 2.75) is 5.92 Å². The molecule has 0 radical (unpaired) electrons. The summed E-state index contributed by atoms with van der Waals surface area (Å²) in [4.78, 5) is 33.4. The first kappa shape index (κ1) is 18.3. The Morgan fingerprint density at radius 1 is 0.964 bits per heavy atom. The number of hydrogen-bond acceptors (Lipinski definition) is 8. The van der Waals surface area contributed by atoms with E-state index in [0.29, 0.717) is 17.1 Å². The van der Waals surface area contributed by atoms with E-state index in [1.807, 2.05) is 0 Å². The first-order chi connectivity index (χ1) is 13.3. The summed E-state index contributed by atoms with van der Waals surface area (Å²) >= 11 is 9.84. The van der Waals surface area contributed by atoms with Gasteiger partial charge in [0.25, 0.3) is 0 Å². The maximum atomic E-state index is 12.7. The Kier molecular flexibility index (Phi) is 4.43. The number of nitrogens with one attached hydrogen (secondary N) is 2. The molecule has 2 amide bonds. The van der Waals surface area contributed by atoms with Crippen LogP contribution < -0.4 is 31.6 Å². The molecule has 6 N–H and O–H groups in total. The van der Waals surface area contributed by atoms with Crippen molar-refractivity contribution in [2.24, 2.45) is 33.3 Å². The van der Waals surface area contributed by atoms with Gasteiger partial charge in [-0.2, -0.15) is 0 Å². The third-order valence-electron chi connectivity index (χ3n) is 4.62. The van der Waals surface area contributed by atoms with Crippen molar-refractivity contribution in [1.82, 2.24) is 10.6 Å². The van der Waals surface area contributed by atoms with Gasteiger partial charge in [-0.3, -0.25) is 9.59 Å². The normalized spacial score (nSPS) is 24.9. The number of hydrogen-bond donors (Lipinski definition) is 4. The van der Waals surface area contributed by atoms with Gasteiger partial charge in [-0.05, 0) is 42.1 Å². The Bertz CT molecular complexity index is 941. The molecule has 1 aromatic rings. The summed E-state index contributed by atoms with van der Waals surface area (Å²) in [7, 11) is 0. The van der Waals surface area contributed by atoms with Crippen molar-refractivity contribution in [1.29, 1.82) is 0 Å². The molecule has 2 atom stereocenters. The van der Waals surface area contributed by atoms with E-state index in [9.17, 15) is 9.59 Å². The summed E-state index contributed by atoms with van der Waals surface area (Å²) in [6, 6.07) is 5.06. The fraction of sp³-hybridized carbons (Fsp3) is 0.250. The third kappa shape index (κ3) is 3.05. The van der Waals surface area contributed by atoms with Crippen molar-refractivity contribution in [2.75, 3.05) is 6.79 Å². The molecule has 2 unspecified atom stereocenters. The fourth-order valence-electron chi connectivity index (χ4n) is 3.46. The number of amidine groups is 2. The Labute approximate surface area is 169 Å². The highest BCUT2D eigenvalue weighted by molar-refractivity contribution is 7.80. The van der Waals surface area contributed by atoms with Gasteiger partial charge in [0.2, 0.25) is 28.8 Å². The van der Waals surface area contributed by atoms with Crippen LogP contribution in [0.1, 0.15) is 11.5 Å². The van der Waals surface area contributed by atoms with Crippen molar-refractivity contribution in [3.8, 4) is 11.5 Å². The zero-order valence-electron chi connectivity index (χ0n) is 14.2. The lowest BCUT2D eigenvalue weighted by atomic mass is 9.74. The largest absolute Gasteiger partial charge is 0.454 e. The van der Waals surface area contributed by atoms with Gasteiger partial charge in [0.05, 0.1) is 0 Å². The predicted octanol–water partition coefficient (Wildman–Crippen LogP) is -0.725. The predicted molar refractivity (Wildman–Crippen MR) is 107 cm³/mol. The fourth-order valence-corrected chi connectivity index (χ4v) is 3.87. The highest BCUT2D eigenvalue weighted by atomic mass is 32.1. The molecule has 4 rings (SSSR count). The zero-order valence-corrected chi connectivity index (χ0v) is 15.8. The van der Waals surface area contributed by atoms with Crippen LogP contribution in [0, 0.1) is 11.8 Å². The standard InChI is InChI=1S/C16H14N6O4S2/c17-11-9(13(23)21-15(27)19-11)8(10-12(18)20-16(28)22-14(10)24)5-1-2-6-7(3-5)26-4-25-6/h1-3,8-10H,4H2,(H3,17,19,21,23,27)(H3,18,20,22,24,28). The minimum absolute atomic E-state index is 0.0230. The zero-order chi connectivity index (χ0) is 20.0.